The molecule has 120 valence electrons. The van der Waals surface area contributed by atoms with E-state index in [9.17, 15) is 4.79 Å². The summed E-state index contributed by atoms with van der Waals surface area (Å²) in [6.45, 7) is 4.90. The third kappa shape index (κ3) is 3.47. The molecule has 1 aliphatic heterocycles. The Kier molecular flexibility index (Phi) is 4.81. The second-order valence-electron chi connectivity index (χ2n) is 5.51. The first kappa shape index (κ1) is 15.8. The van der Waals surface area contributed by atoms with Gasteiger partial charge in [0.1, 0.15) is 0 Å². The lowest BCUT2D eigenvalue weighted by Crippen LogP contribution is -2.49. The Balaban J connectivity index is 1.66. The largest absolute Gasteiger partial charge is 0.352 e. The lowest BCUT2D eigenvalue weighted by Gasteiger charge is -2.35. The molecule has 1 amide bonds. The average molecular weight is 328 g/mol. The minimum atomic E-state index is 0.115. The van der Waals surface area contributed by atoms with Gasteiger partial charge in [-0.3, -0.25) is 4.79 Å². The van der Waals surface area contributed by atoms with E-state index in [2.05, 4.69) is 15.1 Å². The molecule has 0 aliphatic carbocycles. The molecule has 1 aromatic heterocycles. The maximum absolute atomic E-state index is 12.7. The number of rotatable bonds is 3. The Hall–Kier alpha value is -2.08. The van der Waals surface area contributed by atoms with Crippen LogP contribution in [0.1, 0.15) is 16.1 Å². The van der Waals surface area contributed by atoms with Crippen LogP contribution in [0, 0.1) is 6.92 Å². The highest BCUT2D eigenvalue weighted by atomic mass is 32.2. The van der Waals surface area contributed by atoms with Crippen LogP contribution in [0.3, 0.4) is 0 Å². The first-order valence-electron chi connectivity index (χ1n) is 7.66. The quantitative estimate of drug-likeness (QED) is 0.810. The van der Waals surface area contributed by atoms with E-state index in [0.29, 0.717) is 13.1 Å². The fourth-order valence-corrected chi connectivity index (χ4v) is 3.28. The van der Waals surface area contributed by atoms with Crippen LogP contribution in [0.15, 0.2) is 41.3 Å². The van der Waals surface area contributed by atoms with E-state index in [-0.39, 0.29) is 5.91 Å². The third-order valence-corrected chi connectivity index (χ3v) is 4.81. The highest BCUT2D eigenvalue weighted by Crippen LogP contribution is 2.22. The average Bonchev–Trinajstić information content (AvgIpc) is 2.62. The maximum Gasteiger partial charge on any atom is 0.255 e. The first-order chi connectivity index (χ1) is 11.2. The van der Waals surface area contributed by atoms with Gasteiger partial charge in [0.25, 0.3) is 5.91 Å². The molecule has 1 aliphatic rings. The molecule has 0 unspecified atom stereocenters. The molecular weight excluding hydrogens is 308 g/mol. The summed E-state index contributed by atoms with van der Waals surface area (Å²) in [5, 5.41) is 8.33. The van der Waals surface area contributed by atoms with Crippen LogP contribution in [0.4, 0.5) is 5.82 Å². The number of aromatic nitrogens is 2. The summed E-state index contributed by atoms with van der Waals surface area (Å²) in [6, 6.07) is 11.8. The summed E-state index contributed by atoms with van der Waals surface area (Å²) >= 11 is 1.61. The molecule has 0 N–H and O–H groups in total. The molecular formula is C17H20N4OS. The maximum atomic E-state index is 12.7. The summed E-state index contributed by atoms with van der Waals surface area (Å²) in [4.78, 5) is 17.9. The van der Waals surface area contributed by atoms with Gasteiger partial charge in [0.05, 0.1) is 11.3 Å². The van der Waals surface area contributed by atoms with Gasteiger partial charge in [-0.2, -0.15) is 5.10 Å². The van der Waals surface area contributed by atoms with Crippen molar-refractivity contribution in [1.29, 1.82) is 0 Å². The fourth-order valence-electron chi connectivity index (χ4n) is 2.69. The van der Waals surface area contributed by atoms with Gasteiger partial charge >= 0.3 is 0 Å². The first-order valence-corrected chi connectivity index (χ1v) is 8.89. The van der Waals surface area contributed by atoms with Crippen LogP contribution < -0.4 is 4.90 Å². The molecule has 2 aromatic rings. The number of benzene rings is 1. The molecule has 0 saturated carbocycles. The van der Waals surface area contributed by atoms with Crippen molar-refractivity contribution in [3.63, 3.8) is 0 Å². The number of hydrogen-bond acceptors (Lipinski definition) is 5. The van der Waals surface area contributed by atoms with E-state index in [0.717, 1.165) is 35.1 Å². The number of carbonyl (C=O) groups excluding carboxylic acids is 1. The molecule has 0 spiro atoms. The second-order valence-corrected chi connectivity index (χ2v) is 6.36. The normalized spacial score (nSPS) is 14.9. The number of anilines is 1. The van der Waals surface area contributed by atoms with Gasteiger partial charge in [-0.25, -0.2) is 0 Å². The zero-order valence-corrected chi connectivity index (χ0v) is 14.2. The number of aryl methyl sites for hydroxylation is 1. The zero-order chi connectivity index (χ0) is 16.2. The molecule has 3 rings (SSSR count). The summed E-state index contributed by atoms with van der Waals surface area (Å²) in [6.07, 6.45) is 2.00. The lowest BCUT2D eigenvalue weighted by atomic mass is 10.2. The van der Waals surface area contributed by atoms with Gasteiger partial charge in [-0.1, -0.05) is 12.1 Å². The van der Waals surface area contributed by atoms with Gasteiger partial charge in [-0.05, 0) is 37.4 Å². The predicted octanol–water partition coefficient (Wildman–Crippen LogP) is 2.47. The van der Waals surface area contributed by atoms with E-state index < -0.39 is 0 Å². The predicted molar refractivity (Wildman–Crippen MR) is 93.1 cm³/mol. The molecule has 0 radical (unpaired) electrons. The highest BCUT2D eigenvalue weighted by molar-refractivity contribution is 7.98. The number of hydrogen-bond donors (Lipinski definition) is 0. The minimum absolute atomic E-state index is 0.115. The van der Waals surface area contributed by atoms with Gasteiger partial charge in [0.15, 0.2) is 5.82 Å². The van der Waals surface area contributed by atoms with Crippen LogP contribution in [-0.4, -0.2) is 53.4 Å². The number of thioether (sulfide) groups is 1. The third-order valence-electron chi connectivity index (χ3n) is 4.01. The number of amides is 1. The molecule has 0 bridgehead atoms. The van der Waals surface area contributed by atoms with Crippen molar-refractivity contribution < 1.29 is 4.79 Å². The number of nitrogens with zero attached hydrogens (tertiary/aromatic N) is 4. The van der Waals surface area contributed by atoms with Crippen molar-refractivity contribution >= 4 is 23.5 Å². The smallest absolute Gasteiger partial charge is 0.255 e. The molecule has 0 atom stereocenters. The molecule has 23 heavy (non-hydrogen) atoms. The summed E-state index contributed by atoms with van der Waals surface area (Å²) in [7, 11) is 0. The molecule has 1 aromatic carbocycles. The number of piperazine rings is 1. The fraction of sp³-hybridized carbons (Fsp3) is 0.353. The zero-order valence-electron chi connectivity index (χ0n) is 13.4. The van der Waals surface area contributed by atoms with E-state index >= 15 is 0 Å². The van der Waals surface area contributed by atoms with Gasteiger partial charge in [-0.15, -0.1) is 16.9 Å². The van der Waals surface area contributed by atoms with Crippen LogP contribution in [-0.2, 0) is 0 Å². The minimum Gasteiger partial charge on any atom is -0.352 e. The van der Waals surface area contributed by atoms with E-state index in [1.165, 1.54) is 0 Å². The van der Waals surface area contributed by atoms with Crippen molar-refractivity contribution in [1.82, 2.24) is 15.1 Å². The standard InChI is InChI=1S/C17H20N4OS/c1-13-7-8-16(19-18-13)20-9-11-21(12-10-20)17(22)14-5-3-4-6-15(14)23-2/h3-8H,9-12H2,1-2H3. The Labute approximate surface area is 140 Å². The Morgan fingerprint density at radius 1 is 1.04 bits per heavy atom. The van der Waals surface area contributed by atoms with Gasteiger partial charge in [0.2, 0.25) is 0 Å². The Bertz CT molecular complexity index is 681. The monoisotopic (exact) mass is 328 g/mol. The van der Waals surface area contributed by atoms with Crippen molar-refractivity contribution in [3.05, 3.63) is 47.7 Å². The second kappa shape index (κ2) is 7.00. The van der Waals surface area contributed by atoms with Crippen LogP contribution >= 0.6 is 11.8 Å². The Morgan fingerprint density at radius 2 is 1.78 bits per heavy atom. The van der Waals surface area contributed by atoms with E-state index in [1.54, 1.807) is 11.8 Å². The topological polar surface area (TPSA) is 49.3 Å². The summed E-state index contributed by atoms with van der Waals surface area (Å²) in [5.74, 6) is 0.997. The van der Waals surface area contributed by atoms with Crippen molar-refractivity contribution in [2.75, 3.05) is 37.3 Å². The van der Waals surface area contributed by atoms with E-state index in [4.69, 9.17) is 0 Å². The van der Waals surface area contributed by atoms with Gasteiger partial charge < -0.3 is 9.80 Å². The highest BCUT2D eigenvalue weighted by Gasteiger charge is 2.24. The Morgan fingerprint density at radius 3 is 2.43 bits per heavy atom. The van der Waals surface area contributed by atoms with E-state index in [1.807, 2.05) is 54.5 Å². The van der Waals surface area contributed by atoms with Crippen molar-refractivity contribution in [2.45, 2.75) is 11.8 Å². The molecule has 1 saturated heterocycles. The molecule has 1 fully saturated rings. The molecule has 6 heteroatoms. The van der Waals surface area contributed by atoms with Crippen molar-refractivity contribution in [3.8, 4) is 0 Å². The van der Waals surface area contributed by atoms with Crippen LogP contribution in [0.2, 0.25) is 0 Å². The summed E-state index contributed by atoms with van der Waals surface area (Å²) < 4.78 is 0. The summed E-state index contributed by atoms with van der Waals surface area (Å²) in [5.41, 5.74) is 1.71. The SMILES string of the molecule is CSc1ccccc1C(=O)N1CCN(c2ccc(C)nn2)CC1. The molecule has 2 heterocycles. The lowest BCUT2D eigenvalue weighted by molar-refractivity contribution is 0.0743. The van der Waals surface area contributed by atoms with Crippen LogP contribution in [0.5, 0.6) is 0 Å². The van der Waals surface area contributed by atoms with Crippen LogP contribution in [0.25, 0.3) is 0 Å². The number of carbonyl (C=O) groups is 1. The van der Waals surface area contributed by atoms with Gasteiger partial charge in [0, 0.05) is 31.1 Å². The molecule has 5 nitrogen and oxygen atoms in total. The van der Waals surface area contributed by atoms with Crippen molar-refractivity contribution in [2.24, 2.45) is 0 Å².